The Morgan fingerprint density at radius 2 is 2.18 bits per heavy atom. The predicted molar refractivity (Wildman–Crippen MR) is 67.2 cm³/mol. The number of aromatic nitrogens is 1. The van der Waals surface area contributed by atoms with Crippen molar-refractivity contribution < 1.29 is 8.42 Å². The molecule has 0 radical (unpaired) electrons. The van der Waals surface area contributed by atoms with Gasteiger partial charge in [0, 0.05) is 19.3 Å². The highest BCUT2D eigenvalue weighted by Crippen LogP contribution is 2.11. The summed E-state index contributed by atoms with van der Waals surface area (Å²) < 4.78 is 22.9. The highest BCUT2D eigenvalue weighted by Gasteiger charge is 2.18. The zero-order valence-corrected chi connectivity index (χ0v) is 10.5. The molecule has 6 heteroatoms. The van der Waals surface area contributed by atoms with Gasteiger partial charge in [0.2, 0.25) is 0 Å². The van der Waals surface area contributed by atoms with E-state index in [0.717, 1.165) is 18.7 Å². The molecule has 0 amide bonds. The standard InChI is InChI=1S/C11H17N3O2S/c12-11-8-10(2-3-13-11)9-14-4-1-6-17(15,16)7-5-14/h2-3,8H,1,4-7,9H2,(H2,12,13). The fourth-order valence-corrected chi connectivity index (χ4v) is 3.31. The SMILES string of the molecule is Nc1cc(CN2CCCS(=O)(=O)CC2)ccn1. The summed E-state index contributed by atoms with van der Waals surface area (Å²) >= 11 is 0. The van der Waals surface area contributed by atoms with E-state index >= 15 is 0 Å². The Kier molecular flexibility index (Phi) is 3.63. The first kappa shape index (κ1) is 12.3. The van der Waals surface area contributed by atoms with Gasteiger partial charge in [-0.2, -0.15) is 0 Å². The molecular weight excluding hydrogens is 238 g/mol. The topological polar surface area (TPSA) is 76.3 Å². The van der Waals surface area contributed by atoms with Gasteiger partial charge in [0.15, 0.2) is 9.84 Å². The summed E-state index contributed by atoms with van der Waals surface area (Å²) in [6, 6.07) is 3.75. The molecule has 0 aromatic carbocycles. The average Bonchev–Trinajstić information content (AvgIpc) is 2.41. The van der Waals surface area contributed by atoms with E-state index < -0.39 is 9.84 Å². The maximum atomic E-state index is 11.5. The Labute approximate surface area is 102 Å². The van der Waals surface area contributed by atoms with Crippen LogP contribution in [0.15, 0.2) is 18.3 Å². The van der Waals surface area contributed by atoms with Gasteiger partial charge in [-0.1, -0.05) is 0 Å². The van der Waals surface area contributed by atoms with Crippen LogP contribution in [0.2, 0.25) is 0 Å². The molecule has 0 spiro atoms. The van der Waals surface area contributed by atoms with Crippen LogP contribution in [-0.2, 0) is 16.4 Å². The first-order valence-corrected chi connectivity index (χ1v) is 7.50. The van der Waals surface area contributed by atoms with Crippen LogP contribution in [0.25, 0.3) is 0 Å². The number of nitrogens with two attached hydrogens (primary N) is 1. The largest absolute Gasteiger partial charge is 0.384 e. The van der Waals surface area contributed by atoms with Crippen molar-refractivity contribution in [1.82, 2.24) is 9.88 Å². The van der Waals surface area contributed by atoms with Crippen molar-refractivity contribution in [2.24, 2.45) is 0 Å². The number of anilines is 1. The second kappa shape index (κ2) is 5.01. The molecule has 1 aliphatic heterocycles. The van der Waals surface area contributed by atoms with Gasteiger partial charge in [0.05, 0.1) is 11.5 Å². The van der Waals surface area contributed by atoms with E-state index in [9.17, 15) is 8.42 Å². The second-order valence-corrected chi connectivity index (χ2v) is 6.67. The maximum Gasteiger partial charge on any atom is 0.151 e. The number of nitrogen functional groups attached to an aromatic ring is 1. The van der Waals surface area contributed by atoms with E-state index in [-0.39, 0.29) is 5.75 Å². The van der Waals surface area contributed by atoms with Crippen molar-refractivity contribution in [3.63, 3.8) is 0 Å². The van der Waals surface area contributed by atoms with Gasteiger partial charge in [0.1, 0.15) is 5.82 Å². The summed E-state index contributed by atoms with van der Waals surface area (Å²) in [5, 5.41) is 0. The minimum atomic E-state index is -2.83. The third-order valence-corrected chi connectivity index (χ3v) is 4.62. The fourth-order valence-electron chi connectivity index (χ4n) is 2.00. The lowest BCUT2D eigenvalue weighted by Crippen LogP contribution is -2.26. The first-order chi connectivity index (χ1) is 8.05. The lowest BCUT2D eigenvalue weighted by molar-refractivity contribution is 0.287. The zero-order valence-electron chi connectivity index (χ0n) is 9.67. The summed E-state index contributed by atoms with van der Waals surface area (Å²) in [6.07, 6.45) is 2.39. The van der Waals surface area contributed by atoms with Crippen molar-refractivity contribution in [3.8, 4) is 0 Å². The molecule has 1 aliphatic rings. The highest BCUT2D eigenvalue weighted by atomic mass is 32.2. The Balaban J connectivity index is 2.00. The van der Waals surface area contributed by atoms with E-state index in [0.29, 0.717) is 24.5 Å². The van der Waals surface area contributed by atoms with Crippen LogP contribution in [0, 0.1) is 0 Å². The van der Waals surface area contributed by atoms with Crippen molar-refractivity contribution in [2.45, 2.75) is 13.0 Å². The molecule has 1 aromatic heterocycles. The lowest BCUT2D eigenvalue weighted by Gasteiger charge is -2.19. The van der Waals surface area contributed by atoms with E-state index in [1.165, 1.54) is 0 Å². The summed E-state index contributed by atoms with van der Waals surface area (Å²) in [5.74, 6) is 1.07. The van der Waals surface area contributed by atoms with Gasteiger partial charge in [-0.25, -0.2) is 13.4 Å². The molecule has 2 rings (SSSR count). The summed E-state index contributed by atoms with van der Waals surface area (Å²) in [4.78, 5) is 6.09. The van der Waals surface area contributed by atoms with Crippen LogP contribution in [0.3, 0.4) is 0 Å². The molecular formula is C11H17N3O2S. The summed E-state index contributed by atoms with van der Waals surface area (Å²) in [5.41, 5.74) is 6.69. The minimum absolute atomic E-state index is 0.258. The summed E-state index contributed by atoms with van der Waals surface area (Å²) in [6.45, 7) is 2.16. The highest BCUT2D eigenvalue weighted by molar-refractivity contribution is 7.91. The Morgan fingerprint density at radius 1 is 1.35 bits per heavy atom. The molecule has 2 heterocycles. The van der Waals surface area contributed by atoms with Crippen LogP contribution in [-0.4, -0.2) is 42.9 Å². The fraction of sp³-hybridized carbons (Fsp3) is 0.545. The molecule has 0 bridgehead atoms. The van der Waals surface area contributed by atoms with Crippen LogP contribution >= 0.6 is 0 Å². The van der Waals surface area contributed by atoms with Crippen LogP contribution in [0.1, 0.15) is 12.0 Å². The molecule has 0 unspecified atom stereocenters. The molecule has 1 fully saturated rings. The second-order valence-electron chi connectivity index (χ2n) is 4.37. The monoisotopic (exact) mass is 255 g/mol. The average molecular weight is 255 g/mol. The molecule has 0 atom stereocenters. The predicted octanol–water partition coefficient (Wildman–Crippen LogP) is 0.284. The van der Waals surface area contributed by atoms with Crippen molar-refractivity contribution in [2.75, 3.05) is 30.3 Å². The van der Waals surface area contributed by atoms with Crippen molar-refractivity contribution >= 4 is 15.7 Å². The molecule has 17 heavy (non-hydrogen) atoms. The zero-order chi connectivity index (χ0) is 12.3. The lowest BCUT2D eigenvalue weighted by atomic mass is 10.2. The molecule has 5 nitrogen and oxygen atoms in total. The molecule has 0 aliphatic carbocycles. The molecule has 0 saturated carbocycles. The number of hydrogen-bond donors (Lipinski definition) is 1. The normalized spacial score (nSPS) is 20.9. The minimum Gasteiger partial charge on any atom is -0.384 e. The van der Waals surface area contributed by atoms with E-state index in [2.05, 4.69) is 9.88 Å². The number of nitrogens with zero attached hydrogens (tertiary/aromatic N) is 2. The van der Waals surface area contributed by atoms with Gasteiger partial charge < -0.3 is 5.73 Å². The first-order valence-electron chi connectivity index (χ1n) is 5.68. The molecule has 1 aromatic rings. The molecule has 94 valence electrons. The van der Waals surface area contributed by atoms with Crippen molar-refractivity contribution in [1.29, 1.82) is 0 Å². The van der Waals surface area contributed by atoms with Gasteiger partial charge in [-0.15, -0.1) is 0 Å². The Hall–Kier alpha value is -1.14. The van der Waals surface area contributed by atoms with Crippen LogP contribution < -0.4 is 5.73 Å². The van der Waals surface area contributed by atoms with Crippen molar-refractivity contribution in [3.05, 3.63) is 23.9 Å². The Bertz CT molecular complexity index is 487. The quantitative estimate of drug-likeness (QED) is 0.821. The third kappa shape index (κ3) is 3.67. The summed E-state index contributed by atoms with van der Waals surface area (Å²) in [7, 11) is -2.83. The van der Waals surface area contributed by atoms with Gasteiger partial charge in [0.25, 0.3) is 0 Å². The molecule has 1 saturated heterocycles. The Morgan fingerprint density at radius 3 is 2.94 bits per heavy atom. The van der Waals surface area contributed by atoms with Crippen LogP contribution in [0.5, 0.6) is 0 Å². The maximum absolute atomic E-state index is 11.5. The number of rotatable bonds is 2. The number of hydrogen-bond acceptors (Lipinski definition) is 5. The van der Waals surface area contributed by atoms with E-state index in [1.54, 1.807) is 6.20 Å². The number of pyridine rings is 1. The smallest absolute Gasteiger partial charge is 0.151 e. The number of sulfone groups is 1. The van der Waals surface area contributed by atoms with Crippen LogP contribution in [0.4, 0.5) is 5.82 Å². The van der Waals surface area contributed by atoms with E-state index in [1.807, 2.05) is 12.1 Å². The molecule has 2 N–H and O–H groups in total. The third-order valence-electron chi connectivity index (χ3n) is 2.90. The van der Waals surface area contributed by atoms with Gasteiger partial charge in [-0.05, 0) is 30.7 Å². The van der Waals surface area contributed by atoms with E-state index in [4.69, 9.17) is 5.73 Å². The van der Waals surface area contributed by atoms with Gasteiger partial charge >= 0.3 is 0 Å². The van der Waals surface area contributed by atoms with Gasteiger partial charge in [-0.3, -0.25) is 4.90 Å².